The van der Waals surface area contributed by atoms with Crippen molar-refractivity contribution < 1.29 is 4.79 Å². The zero-order chi connectivity index (χ0) is 11.1. The van der Waals surface area contributed by atoms with Crippen LogP contribution < -0.4 is 5.32 Å². The van der Waals surface area contributed by atoms with Gasteiger partial charge in [0.05, 0.1) is 0 Å². The molecular weight excluding hydrogens is 224 g/mol. The standard InChI is InChI=1S/C12H19ClN2O/c13-4-3-12(16)15-7-8-1-2-11(15)10-6-14-5-9(8)10/h8-11,14H,1-7H2/t8-,9-,10-,11+/m1/s1. The fourth-order valence-electron chi connectivity index (χ4n) is 3.98. The third-order valence-electron chi connectivity index (χ3n) is 4.70. The predicted octanol–water partition coefficient (Wildman–Crippen LogP) is 1.07. The van der Waals surface area contributed by atoms with Gasteiger partial charge in [0.2, 0.25) is 5.91 Å². The smallest absolute Gasteiger partial charge is 0.224 e. The molecule has 0 unspecified atom stereocenters. The molecule has 0 aromatic rings. The molecule has 4 rings (SSSR count). The highest BCUT2D eigenvalue weighted by atomic mass is 35.5. The van der Waals surface area contributed by atoms with Crippen LogP contribution in [0, 0.1) is 17.8 Å². The number of nitrogens with one attached hydrogen (secondary N) is 1. The third kappa shape index (κ3) is 1.56. The van der Waals surface area contributed by atoms with E-state index in [1.165, 1.54) is 19.4 Å². The quantitative estimate of drug-likeness (QED) is 0.735. The highest BCUT2D eigenvalue weighted by molar-refractivity contribution is 6.18. The second kappa shape index (κ2) is 4.19. The second-order valence-corrected chi connectivity index (χ2v) is 5.75. The van der Waals surface area contributed by atoms with E-state index < -0.39 is 0 Å². The van der Waals surface area contributed by atoms with Crippen LogP contribution in [-0.4, -0.2) is 42.4 Å². The molecule has 4 atom stereocenters. The van der Waals surface area contributed by atoms with Gasteiger partial charge in [-0.2, -0.15) is 0 Å². The van der Waals surface area contributed by atoms with Crippen molar-refractivity contribution in [3.05, 3.63) is 0 Å². The molecule has 4 fully saturated rings. The summed E-state index contributed by atoms with van der Waals surface area (Å²) in [5.74, 6) is 3.02. The Hall–Kier alpha value is -0.280. The fraction of sp³-hybridized carbons (Fsp3) is 0.917. The summed E-state index contributed by atoms with van der Waals surface area (Å²) < 4.78 is 0. The molecule has 3 aliphatic heterocycles. The molecule has 0 aromatic heterocycles. The normalized spacial score (nSPS) is 41.2. The molecule has 4 heteroatoms. The summed E-state index contributed by atoms with van der Waals surface area (Å²) in [6.07, 6.45) is 3.04. The van der Waals surface area contributed by atoms with Crippen LogP contribution in [0.5, 0.6) is 0 Å². The maximum Gasteiger partial charge on any atom is 0.224 e. The number of hydrogen-bond donors (Lipinski definition) is 1. The van der Waals surface area contributed by atoms with E-state index in [0.717, 1.165) is 24.9 Å². The van der Waals surface area contributed by atoms with Crippen molar-refractivity contribution in [2.24, 2.45) is 17.8 Å². The molecule has 0 radical (unpaired) electrons. The number of carbonyl (C=O) groups excluding carboxylic acids is 1. The number of hydrogen-bond acceptors (Lipinski definition) is 2. The van der Waals surface area contributed by atoms with Gasteiger partial charge in [-0.15, -0.1) is 11.6 Å². The van der Waals surface area contributed by atoms with Crippen molar-refractivity contribution in [3.63, 3.8) is 0 Å². The molecule has 1 N–H and O–H groups in total. The first-order chi connectivity index (χ1) is 7.81. The van der Waals surface area contributed by atoms with Gasteiger partial charge >= 0.3 is 0 Å². The lowest BCUT2D eigenvalue weighted by Gasteiger charge is -2.52. The van der Waals surface area contributed by atoms with Gasteiger partial charge < -0.3 is 10.2 Å². The molecule has 16 heavy (non-hydrogen) atoms. The van der Waals surface area contributed by atoms with Gasteiger partial charge in [-0.3, -0.25) is 4.79 Å². The Morgan fingerprint density at radius 2 is 2.12 bits per heavy atom. The van der Waals surface area contributed by atoms with Crippen LogP contribution in [0.2, 0.25) is 0 Å². The minimum atomic E-state index is 0.273. The number of piperidine rings is 2. The van der Waals surface area contributed by atoms with Crippen LogP contribution in [0.4, 0.5) is 0 Å². The van der Waals surface area contributed by atoms with E-state index >= 15 is 0 Å². The first-order valence-corrected chi connectivity index (χ1v) is 6.91. The zero-order valence-electron chi connectivity index (χ0n) is 9.49. The summed E-state index contributed by atoms with van der Waals surface area (Å²) in [6, 6.07) is 0.501. The van der Waals surface area contributed by atoms with Crippen molar-refractivity contribution in [1.82, 2.24) is 10.2 Å². The van der Waals surface area contributed by atoms with Gasteiger partial charge in [-0.1, -0.05) is 0 Å². The number of carbonyl (C=O) groups is 1. The average molecular weight is 243 g/mol. The summed E-state index contributed by atoms with van der Waals surface area (Å²) >= 11 is 5.67. The van der Waals surface area contributed by atoms with Crippen molar-refractivity contribution in [3.8, 4) is 0 Å². The van der Waals surface area contributed by atoms with Gasteiger partial charge in [0.1, 0.15) is 0 Å². The maximum absolute atomic E-state index is 12.0. The van der Waals surface area contributed by atoms with Crippen LogP contribution in [0.15, 0.2) is 0 Å². The highest BCUT2D eigenvalue weighted by Gasteiger charge is 2.50. The zero-order valence-corrected chi connectivity index (χ0v) is 10.2. The summed E-state index contributed by atoms with van der Waals surface area (Å²) in [7, 11) is 0. The lowest BCUT2D eigenvalue weighted by Crippen LogP contribution is -2.59. The van der Waals surface area contributed by atoms with Crippen LogP contribution in [0.3, 0.4) is 0 Å². The Morgan fingerprint density at radius 1 is 1.31 bits per heavy atom. The van der Waals surface area contributed by atoms with E-state index in [0.29, 0.717) is 24.3 Å². The topological polar surface area (TPSA) is 32.3 Å². The van der Waals surface area contributed by atoms with E-state index in [4.69, 9.17) is 11.6 Å². The SMILES string of the molecule is O=C(CCCl)N1C[C@H]2CC[C@H]1[C@@H]1CNC[C@H]21. The molecular formula is C12H19ClN2O. The van der Waals surface area contributed by atoms with Gasteiger partial charge in [-0.05, 0) is 37.1 Å². The second-order valence-electron chi connectivity index (χ2n) is 5.38. The number of alkyl halides is 1. The number of nitrogens with zero attached hydrogens (tertiary/aromatic N) is 1. The van der Waals surface area contributed by atoms with Crippen molar-refractivity contribution in [2.75, 3.05) is 25.5 Å². The monoisotopic (exact) mass is 242 g/mol. The number of rotatable bonds is 2. The number of fused-ring (bicyclic) bond motifs is 2. The molecule has 3 saturated heterocycles. The van der Waals surface area contributed by atoms with E-state index in [1.807, 2.05) is 0 Å². The van der Waals surface area contributed by atoms with Crippen molar-refractivity contribution in [1.29, 1.82) is 0 Å². The predicted molar refractivity (Wildman–Crippen MR) is 63.4 cm³/mol. The Morgan fingerprint density at radius 3 is 2.94 bits per heavy atom. The molecule has 0 aromatic carbocycles. The number of halogens is 1. The summed E-state index contributed by atoms with van der Waals surface area (Å²) in [5.41, 5.74) is 0. The molecule has 3 nitrogen and oxygen atoms in total. The highest BCUT2D eigenvalue weighted by Crippen LogP contribution is 2.45. The summed E-state index contributed by atoms with van der Waals surface area (Å²) in [4.78, 5) is 14.1. The van der Waals surface area contributed by atoms with Crippen molar-refractivity contribution in [2.45, 2.75) is 25.3 Å². The molecule has 90 valence electrons. The molecule has 2 bridgehead atoms. The van der Waals surface area contributed by atoms with Crippen molar-refractivity contribution >= 4 is 17.5 Å². The molecule has 1 amide bonds. The minimum absolute atomic E-state index is 0.273. The maximum atomic E-state index is 12.0. The third-order valence-corrected chi connectivity index (χ3v) is 4.89. The molecule has 0 spiro atoms. The van der Waals surface area contributed by atoms with Gasteiger partial charge in [0.25, 0.3) is 0 Å². The Labute approximate surface area is 102 Å². The van der Waals surface area contributed by atoms with Crippen LogP contribution in [0.1, 0.15) is 19.3 Å². The van der Waals surface area contributed by atoms with E-state index in [9.17, 15) is 4.79 Å². The first kappa shape index (κ1) is 10.8. The summed E-state index contributed by atoms with van der Waals surface area (Å²) in [5, 5.41) is 3.49. The van der Waals surface area contributed by atoms with E-state index in [1.54, 1.807) is 0 Å². The largest absolute Gasteiger partial charge is 0.339 e. The molecule has 4 aliphatic rings. The Balaban J connectivity index is 1.77. The van der Waals surface area contributed by atoms with E-state index in [-0.39, 0.29) is 5.91 Å². The lowest BCUT2D eigenvalue weighted by atomic mass is 9.66. The molecule has 1 saturated carbocycles. The Bertz CT molecular complexity index is 297. The molecule has 1 aliphatic carbocycles. The van der Waals surface area contributed by atoms with Gasteiger partial charge in [0, 0.05) is 31.4 Å². The van der Waals surface area contributed by atoms with Gasteiger partial charge in [0.15, 0.2) is 0 Å². The van der Waals surface area contributed by atoms with Gasteiger partial charge in [-0.25, -0.2) is 0 Å². The van der Waals surface area contributed by atoms with Crippen LogP contribution in [-0.2, 0) is 4.79 Å². The average Bonchev–Trinajstić information content (AvgIpc) is 2.80. The number of amides is 1. The summed E-state index contributed by atoms with van der Waals surface area (Å²) in [6.45, 7) is 3.27. The van der Waals surface area contributed by atoms with Crippen LogP contribution >= 0.6 is 11.6 Å². The van der Waals surface area contributed by atoms with E-state index in [2.05, 4.69) is 10.2 Å². The lowest BCUT2D eigenvalue weighted by molar-refractivity contribution is -0.143. The van der Waals surface area contributed by atoms with Crippen LogP contribution in [0.25, 0.3) is 0 Å². The Kier molecular flexibility index (Phi) is 2.84. The fourth-order valence-corrected chi connectivity index (χ4v) is 4.14. The first-order valence-electron chi connectivity index (χ1n) is 6.37. The minimum Gasteiger partial charge on any atom is -0.339 e. The molecule has 3 heterocycles.